The van der Waals surface area contributed by atoms with Crippen LogP contribution < -0.4 is 11.4 Å². The van der Waals surface area contributed by atoms with Gasteiger partial charge in [-0.2, -0.15) is 0 Å². The van der Waals surface area contributed by atoms with Crippen LogP contribution in [0.2, 0.25) is 0 Å². The van der Waals surface area contributed by atoms with E-state index < -0.39 is 0 Å². The summed E-state index contributed by atoms with van der Waals surface area (Å²) in [6, 6.07) is 3.35. The van der Waals surface area contributed by atoms with Gasteiger partial charge in [0.05, 0.1) is 0 Å². The summed E-state index contributed by atoms with van der Waals surface area (Å²) in [6.45, 7) is 0. The minimum absolute atomic E-state index is 0.263. The van der Waals surface area contributed by atoms with Crippen molar-refractivity contribution in [2.45, 2.75) is 10.2 Å². The molecule has 8 heteroatoms. The number of nitrogens with zero attached hydrogens (tertiary/aromatic N) is 4. The highest BCUT2D eigenvalue weighted by Crippen LogP contribution is 2.21. The molecule has 0 aliphatic carbocycles. The SMILES string of the molecule is Cn1c(Sc2ccc(N)nn2)n[nH]c1=O. The first-order valence-corrected chi connectivity index (χ1v) is 4.87. The minimum atomic E-state index is -0.263. The zero-order valence-corrected chi connectivity index (χ0v) is 8.65. The quantitative estimate of drug-likeness (QED) is 0.721. The first kappa shape index (κ1) is 9.71. The van der Waals surface area contributed by atoms with Crippen LogP contribution in [0.5, 0.6) is 0 Å². The van der Waals surface area contributed by atoms with Crippen molar-refractivity contribution in [1.82, 2.24) is 25.0 Å². The molecule has 0 amide bonds. The lowest BCUT2D eigenvalue weighted by Gasteiger charge is -1.97. The summed E-state index contributed by atoms with van der Waals surface area (Å²) >= 11 is 1.24. The fourth-order valence-electron chi connectivity index (χ4n) is 0.902. The Morgan fingerprint density at radius 3 is 2.80 bits per heavy atom. The van der Waals surface area contributed by atoms with Crippen LogP contribution >= 0.6 is 11.8 Å². The molecule has 0 unspecified atom stereocenters. The van der Waals surface area contributed by atoms with E-state index in [0.717, 1.165) is 0 Å². The standard InChI is InChI=1S/C7H8N6OS/c1-13-6(14)11-12-7(13)15-5-3-2-4(8)9-10-5/h2-3H,1H3,(H2,8,9)(H,11,14). The summed E-state index contributed by atoms with van der Waals surface area (Å²) in [6.07, 6.45) is 0. The summed E-state index contributed by atoms with van der Waals surface area (Å²) < 4.78 is 1.39. The molecule has 0 aliphatic rings. The molecule has 3 N–H and O–H groups in total. The molecule has 2 heterocycles. The van der Waals surface area contributed by atoms with Crippen LogP contribution in [0.15, 0.2) is 27.1 Å². The molecule has 0 radical (unpaired) electrons. The molecule has 2 aromatic heterocycles. The van der Waals surface area contributed by atoms with Crippen molar-refractivity contribution >= 4 is 17.6 Å². The van der Waals surface area contributed by atoms with Gasteiger partial charge in [-0.05, 0) is 23.9 Å². The molecular weight excluding hydrogens is 216 g/mol. The van der Waals surface area contributed by atoms with E-state index in [0.29, 0.717) is 16.0 Å². The van der Waals surface area contributed by atoms with E-state index in [2.05, 4.69) is 20.4 Å². The van der Waals surface area contributed by atoms with E-state index in [1.54, 1.807) is 19.2 Å². The van der Waals surface area contributed by atoms with Crippen molar-refractivity contribution in [3.63, 3.8) is 0 Å². The molecule has 0 spiro atoms. The number of hydrogen-bond donors (Lipinski definition) is 2. The van der Waals surface area contributed by atoms with Crippen molar-refractivity contribution in [3.8, 4) is 0 Å². The molecule has 0 aromatic carbocycles. The smallest absolute Gasteiger partial charge is 0.343 e. The van der Waals surface area contributed by atoms with Gasteiger partial charge in [0.15, 0.2) is 5.16 Å². The number of nitrogens with one attached hydrogen (secondary N) is 1. The Morgan fingerprint density at radius 1 is 1.47 bits per heavy atom. The third-order valence-corrected chi connectivity index (χ3v) is 2.67. The average Bonchev–Trinajstić information content (AvgIpc) is 2.53. The number of rotatable bonds is 2. The highest BCUT2D eigenvalue weighted by molar-refractivity contribution is 7.99. The molecule has 0 saturated heterocycles. The molecule has 7 nitrogen and oxygen atoms in total. The van der Waals surface area contributed by atoms with Crippen LogP contribution in [0.25, 0.3) is 0 Å². The zero-order chi connectivity index (χ0) is 10.8. The number of hydrogen-bond acceptors (Lipinski definition) is 6. The normalized spacial score (nSPS) is 10.5. The van der Waals surface area contributed by atoms with Crippen LogP contribution in [0.1, 0.15) is 0 Å². The highest BCUT2D eigenvalue weighted by Gasteiger charge is 2.07. The highest BCUT2D eigenvalue weighted by atomic mass is 32.2. The summed E-state index contributed by atoms with van der Waals surface area (Å²) in [5, 5.41) is 14.8. The van der Waals surface area contributed by atoms with Crippen LogP contribution in [0.4, 0.5) is 5.82 Å². The van der Waals surface area contributed by atoms with Crippen LogP contribution in [0.3, 0.4) is 0 Å². The molecule has 78 valence electrons. The Balaban J connectivity index is 2.26. The fraction of sp³-hybridized carbons (Fsp3) is 0.143. The molecule has 0 aliphatic heterocycles. The topological polar surface area (TPSA) is 102 Å². The van der Waals surface area contributed by atoms with E-state index in [4.69, 9.17) is 5.73 Å². The van der Waals surface area contributed by atoms with Gasteiger partial charge in [-0.25, -0.2) is 9.89 Å². The van der Waals surface area contributed by atoms with Crippen molar-refractivity contribution in [2.75, 3.05) is 5.73 Å². The molecule has 2 aromatic rings. The van der Waals surface area contributed by atoms with Gasteiger partial charge in [0, 0.05) is 7.05 Å². The molecule has 2 rings (SSSR count). The van der Waals surface area contributed by atoms with Crippen LogP contribution in [0, 0.1) is 0 Å². The molecule has 15 heavy (non-hydrogen) atoms. The van der Waals surface area contributed by atoms with Gasteiger partial charge in [-0.1, -0.05) is 0 Å². The van der Waals surface area contributed by atoms with Gasteiger partial charge >= 0.3 is 5.69 Å². The first-order valence-electron chi connectivity index (χ1n) is 4.05. The lowest BCUT2D eigenvalue weighted by Crippen LogP contribution is -2.12. The fourth-order valence-corrected chi connectivity index (χ4v) is 1.62. The Morgan fingerprint density at radius 2 is 2.27 bits per heavy atom. The van der Waals surface area contributed by atoms with Gasteiger partial charge in [0.1, 0.15) is 10.8 Å². The lowest BCUT2D eigenvalue weighted by molar-refractivity contribution is 0.763. The van der Waals surface area contributed by atoms with Gasteiger partial charge < -0.3 is 5.73 Å². The van der Waals surface area contributed by atoms with E-state index in [1.165, 1.54) is 16.3 Å². The summed E-state index contributed by atoms with van der Waals surface area (Å²) in [5.41, 5.74) is 5.13. The maximum absolute atomic E-state index is 11.1. The molecule has 0 saturated carbocycles. The summed E-state index contributed by atoms with van der Waals surface area (Å²) in [7, 11) is 1.62. The largest absolute Gasteiger partial charge is 0.382 e. The number of nitrogen functional groups attached to an aromatic ring is 1. The predicted octanol–water partition coefficient (Wildman–Crippen LogP) is -0.368. The number of H-pyrrole nitrogens is 1. The van der Waals surface area contributed by atoms with E-state index in [1.807, 2.05) is 0 Å². The second-order valence-corrected chi connectivity index (χ2v) is 3.76. The third kappa shape index (κ3) is 1.99. The number of aromatic amines is 1. The van der Waals surface area contributed by atoms with E-state index in [9.17, 15) is 4.79 Å². The third-order valence-electron chi connectivity index (χ3n) is 1.70. The van der Waals surface area contributed by atoms with Crippen molar-refractivity contribution in [2.24, 2.45) is 7.05 Å². The van der Waals surface area contributed by atoms with Crippen LogP contribution in [-0.2, 0) is 7.05 Å². The van der Waals surface area contributed by atoms with Crippen molar-refractivity contribution in [1.29, 1.82) is 0 Å². The van der Waals surface area contributed by atoms with Crippen molar-refractivity contribution < 1.29 is 0 Å². The first-order chi connectivity index (χ1) is 7.16. The lowest BCUT2D eigenvalue weighted by atomic mass is 10.5. The minimum Gasteiger partial charge on any atom is -0.382 e. The second kappa shape index (κ2) is 3.73. The van der Waals surface area contributed by atoms with Gasteiger partial charge in [0.2, 0.25) is 0 Å². The Bertz CT molecular complexity index is 515. The van der Waals surface area contributed by atoms with Gasteiger partial charge in [-0.3, -0.25) is 4.57 Å². The summed E-state index contributed by atoms with van der Waals surface area (Å²) in [5.74, 6) is 0.357. The molecule has 0 bridgehead atoms. The van der Waals surface area contributed by atoms with Crippen molar-refractivity contribution in [3.05, 3.63) is 22.6 Å². The monoisotopic (exact) mass is 224 g/mol. The number of anilines is 1. The zero-order valence-electron chi connectivity index (χ0n) is 7.84. The summed E-state index contributed by atoms with van der Waals surface area (Å²) in [4.78, 5) is 11.1. The predicted molar refractivity (Wildman–Crippen MR) is 54.4 cm³/mol. The molecular formula is C7H8N6OS. The Hall–Kier alpha value is -1.83. The van der Waals surface area contributed by atoms with E-state index in [-0.39, 0.29) is 5.69 Å². The Kier molecular flexibility index (Phi) is 2.42. The van der Waals surface area contributed by atoms with Gasteiger partial charge in [0.25, 0.3) is 0 Å². The second-order valence-electron chi connectivity index (χ2n) is 2.77. The van der Waals surface area contributed by atoms with E-state index >= 15 is 0 Å². The number of nitrogens with two attached hydrogens (primary N) is 1. The Labute approximate surface area is 88.7 Å². The maximum atomic E-state index is 11.1. The maximum Gasteiger partial charge on any atom is 0.343 e. The van der Waals surface area contributed by atoms with Gasteiger partial charge in [-0.15, -0.1) is 15.3 Å². The average molecular weight is 224 g/mol. The molecule has 0 fully saturated rings. The number of aromatic nitrogens is 5. The van der Waals surface area contributed by atoms with Crippen LogP contribution in [-0.4, -0.2) is 25.0 Å². The molecule has 0 atom stereocenters.